The number of rotatable bonds is 6. The minimum absolute atomic E-state index is 0.135. The van der Waals surface area contributed by atoms with Crippen LogP contribution in [0.25, 0.3) is 5.70 Å². The quantitative estimate of drug-likeness (QED) is 0.752. The van der Waals surface area contributed by atoms with Gasteiger partial charge in [-0.3, -0.25) is 0 Å². The Morgan fingerprint density at radius 3 is 2.63 bits per heavy atom. The lowest BCUT2D eigenvalue weighted by Crippen LogP contribution is -2.12. The molecule has 104 valence electrons. The molecule has 1 nitrogen and oxygen atoms in total. The lowest BCUT2D eigenvalue weighted by atomic mass is 9.90. The molecule has 0 fully saturated rings. The second kappa shape index (κ2) is 6.76. The summed E-state index contributed by atoms with van der Waals surface area (Å²) >= 11 is 5.99. The number of hydrogen-bond acceptors (Lipinski definition) is 1. The summed E-state index contributed by atoms with van der Waals surface area (Å²) in [6.45, 7) is 11.8. The molecule has 0 atom stereocenters. The summed E-state index contributed by atoms with van der Waals surface area (Å²) in [4.78, 5) is 0. The minimum Gasteiger partial charge on any atom is -0.388 e. The summed E-state index contributed by atoms with van der Waals surface area (Å²) in [5.41, 5.74) is 3.04. The maximum atomic E-state index is 14.3. The predicted octanol–water partition coefficient (Wildman–Crippen LogP) is 4.60. The molecule has 1 aromatic rings. The summed E-state index contributed by atoms with van der Waals surface area (Å²) in [6.07, 6.45) is 3.26. The van der Waals surface area contributed by atoms with Gasteiger partial charge in [0, 0.05) is 18.3 Å². The molecular formula is C16H21ClFN. The van der Waals surface area contributed by atoms with Gasteiger partial charge in [-0.15, -0.1) is 6.58 Å². The molecule has 19 heavy (non-hydrogen) atoms. The first kappa shape index (κ1) is 15.8. The van der Waals surface area contributed by atoms with Crippen LogP contribution in [0.1, 0.15) is 30.5 Å². The maximum absolute atomic E-state index is 14.3. The average molecular weight is 282 g/mol. The molecule has 0 unspecified atom stereocenters. The van der Waals surface area contributed by atoms with Gasteiger partial charge in [0.1, 0.15) is 0 Å². The van der Waals surface area contributed by atoms with E-state index in [0.29, 0.717) is 23.6 Å². The fourth-order valence-corrected chi connectivity index (χ4v) is 2.36. The number of halogens is 2. The second-order valence-corrected chi connectivity index (χ2v) is 5.41. The van der Waals surface area contributed by atoms with Crippen LogP contribution in [0.15, 0.2) is 25.3 Å². The molecule has 0 saturated carbocycles. The van der Waals surface area contributed by atoms with E-state index < -0.39 is 5.82 Å². The Bertz CT molecular complexity index is 492. The molecule has 0 spiro atoms. The van der Waals surface area contributed by atoms with Crippen molar-refractivity contribution >= 4 is 17.3 Å². The van der Waals surface area contributed by atoms with Crippen LogP contribution in [0.4, 0.5) is 4.39 Å². The van der Waals surface area contributed by atoms with Gasteiger partial charge in [0.25, 0.3) is 0 Å². The highest BCUT2D eigenvalue weighted by Gasteiger charge is 2.19. The van der Waals surface area contributed by atoms with Gasteiger partial charge in [-0.2, -0.15) is 0 Å². The molecule has 0 aliphatic heterocycles. The fraction of sp³-hybridized carbons (Fsp3) is 0.375. The zero-order valence-corrected chi connectivity index (χ0v) is 12.6. The Hall–Kier alpha value is -1.28. The molecular weight excluding hydrogens is 261 g/mol. The topological polar surface area (TPSA) is 12.0 Å². The molecule has 0 aliphatic carbocycles. The van der Waals surface area contributed by atoms with E-state index in [9.17, 15) is 4.39 Å². The van der Waals surface area contributed by atoms with Crippen molar-refractivity contribution in [2.75, 3.05) is 7.05 Å². The molecule has 0 radical (unpaired) electrons. The zero-order chi connectivity index (χ0) is 14.6. The highest BCUT2D eigenvalue weighted by Crippen LogP contribution is 2.31. The van der Waals surface area contributed by atoms with Crippen LogP contribution >= 0.6 is 11.6 Å². The van der Waals surface area contributed by atoms with Crippen molar-refractivity contribution in [2.24, 2.45) is 5.92 Å². The molecule has 0 heterocycles. The van der Waals surface area contributed by atoms with E-state index >= 15 is 0 Å². The lowest BCUT2D eigenvalue weighted by Gasteiger charge is -2.19. The van der Waals surface area contributed by atoms with Crippen LogP contribution in [-0.2, 0) is 12.8 Å². The monoisotopic (exact) mass is 281 g/mol. The molecule has 0 aliphatic rings. The van der Waals surface area contributed by atoms with Crippen molar-refractivity contribution in [3.05, 3.63) is 52.8 Å². The van der Waals surface area contributed by atoms with E-state index in [1.807, 2.05) is 0 Å². The fourth-order valence-electron chi connectivity index (χ4n) is 2.13. The Balaban J connectivity index is 3.53. The third-order valence-corrected chi connectivity index (χ3v) is 3.27. The van der Waals surface area contributed by atoms with Gasteiger partial charge in [-0.1, -0.05) is 38.1 Å². The summed E-state index contributed by atoms with van der Waals surface area (Å²) < 4.78 is 14.3. The van der Waals surface area contributed by atoms with Crippen LogP contribution in [0.3, 0.4) is 0 Å². The smallest absolute Gasteiger partial charge is 0.151 e. The van der Waals surface area contributed by atoms with Crippen LogP contribution in [0.2, 0.25) is 5.02 Å². The van der Waals surface area contributed by atoms with Gasteiger partial charge in [0.15, 0.2) is 5.82 Å². The van der Waals surface area contributed by atoms with Crippen molar-refractivity contribution in [3.8, 4) is 0 Å². The first-order valence-corrected chi connectivity index (χ1v) is 6.77. The normalized spacial score (nSPS) is 10.6. The van der Waals surface area contributed by atoms with Crippen molar-refractivity contribution in [2.45, 2.75) is 26.7 Å². The summed E-state index contributed by atoms with van der Waals surface area (Å²) in [6, 6.07) is 1.70. The van der Waals surface area contributed by atoms with Crippen LogP contribution in [-0.4, -0.2) is 7.05 Å². The van der Waals surface area contributed by atoms with Crippen molar-refractivity contribution in [3.63, 3.8) is 0 Å². The molecule has 0 amide bonds. The van der Waals surface area contributed by atoms with E-state index in [1.165, 1.54) is 0 Å². The van der Waals surface area contributed by atoms with E-state index in [0.717, 1.165) is 17.5 Å². The minimum atomic E-state index is -0.399. The number of hydrogen-bond donors (Lipinski definition) is 1. The number of benzene rings is 1. The van der Waals surface area contributed by atoms with E-state index in [4.69, 9.17) is 11.6 Å². The van der Waals surface area contributed by atoms with Gasteiger partial charge in [0.2, 0.25) is 0 Å². The Labute approximate surface area is 120 Å². The van der Waals surface area contributed by atoms with E-state index in [-0.39, 0.29) is 5.02 Å². The largest absolute Gasteiger partial charge is 0.388 e. The molecule has 0 aromatic heterocycles. The average Bonchev–Trinajstić information content (AvgIpc) is 2.34. The van der Waals surface area contributed by atoms with Crippen molar-refractivity contribution < 1.29 is 4.39 Å². The highest BCUT2D eigenvalue weighted by molar-refractivity contribution is 6.31. The second-order valence-electron chi connectivity index (χ2n) is 5.00. The summed E-state index contributed by atoms with van der Waals surface area (Å²) in [5.74, 6) is 0.0250. The summed E-state index contributed by atoms with van der Waals surface area (Å²) in [7, 11) is 1.73. The van der Waals surface area contributed by atoms with Crippen molar-refractivity contribution in [1.29, 1.82) is 0 Å². The Kier molecular flexibility index (Phi) is 5.61. The van der Waals surface area contributed by atoms with Crippen molar-refractivity contribution in [1.82, 2.24) is 5.32 Å². The van der Waals surface area contributed by atoms with Gasteiger partial charge >= 0.3 is 0 Å². The van der Waals surface area contributed by atoms with E-state index in [1.54, 1.807) is 19.2 Å². The summed E-state index contributed by atoms with van der Waals surface area (Å²) in [5, 5.41) is 3.05. The highest BCUT2D eigenvalue weighted by atomic mass is 35.5. The van der Waals surface area contributed by atoms with Gasteiger partial charge in [-0.25, -0.2) is 4.39 Å². The predicted molar refractivity (Wildman–Crippen MR) is 81.9 cm³/mol. The first-order valence-electron chi connectivity index (χ1n) is 6.40. The van der Waals surface area contributed by atoms with E-state index in [2.05, 4.69) is 32.3 Å². The van der Waals surface area contributed by atoms with Crippen LogP contribution < -0.4 is 5.32 Å². The molecule has 3 heteroatoms. The van der Waals surface area contributed by atoms with Crippen LogP contribution in [0, 0.1) is 11.7 Å². The third kappa shape index (κ3) is 3.60. The van der Waals surface area contributed by atoms with Gasteiger partial charge in [-0.05, 0) is 36.0 Å². The lowest BCUT2D eigenvalue weighted by molar-refractivity contribution is 0.605. The molecule has 1 aromatic carbocycles. The first-order chi connectivity index (χ1) is 8.92. The molecule has 0 saturated heterocycles. The van der Waals surface area contributed by atoms with Gasteiger partial charge < -0.3 is 5.32 Å². The SMILES string of the molecule is C=CCc1cc(Cl)c(F)c(C(=C)NC)c1CC(C)C. The molecule has 1 N–H and O–H groups in total. The molecule has 1 rings (SSSR count). The third-order valence-electron chi connectivity index (χ3n) is 3.00. The Morgan fingerprint density at radius 2 is 2.16 bits per heavy atom. The number of allylic oxidation sites excluding steroid dienone is 1. The Morgan fingerprint density at radius 1 is 1.53 bits per heavy atom. The van der Waals surface area contributed by atoms with Crippen LogP contribution in [0.5, 0.6) is 0 Å². The molecule has 0 bridgehead atoms. The number of nitrogens with one attached hydrogen (secondary N) is 1. The zero-order valence-electron chi connectivity index (χ0n) is 11.8. The standard InChI is InChI=1S/C16H21ClFN/c1-6-7-12-9-14(17)16(18)15(11(4)19-5)13(12)8-10(2)3/h6,9-10,19H,1,4,7-8H2,2-3,5H3. The maximum Gasteiger partial charge on any atom is 0.151 e. The van der Waals surface area contributed by atoms with Gasteiger partial charge in [0.05, 0.1) is 5.02 Å².